The van der Waals surface area contributed by atoms with E-state index in [1.807, 2.05) is 0 Å². The van der Waals surface area contributed by atoms with E-state index in [1.54, 1.807) is 34.6 Å². The van der Waals surface area contributed by atoms with Crippen molar-refractivity contribution in [1.82, 2.24) is 24.6 Å². The summed E-state index contributed by atoms with van der Waals surface area (Å²) in [6.07, 6.45) is -4.31. The van der Waals surface area contributed by atoms with Gasteiger partial charge in [0, 0.05) is 11.2 Å². The number of aromatic nitrogens is 4. The number of hydrogen-bond donors (Lipinski definition) is 4. The van der Waals surface area contributed by atoms with E-state index >= 15 is 4.39 Å². The first kappa shape index (κ1) is 34.8. The van der Waals surface area contributed by atoms with E-state index in [2.05, 4.69) is 20.0 Å². The number of carbonyl (C=O) groups excluding carboxylic acids is 2. The van der Waals surface area contributed by atoms with Gasteiger partial charge in [-0.25, -0.2) is 14.5 Å². The number of ether oxygens (including phenoxy) is 2. The molecule has 14 nitrogen and oxygen atoms in total. The van der Waals surface area contributed by atoms with E-state index < -0.39 is 59.8 Å². The zero-order valence-corrected chi connectivity index (χ0v) is 27.1. The second-order valence-electron chi connectivity index (χ2n) is 10.8. The van der Waals surface area contributed by atoms with Gasteiger partial charge in [0.15, 0.2) is 22.5 Å². The van der Waals surface area contributed by atoms with Crippen molar-refractivity contribution >= 4 is 70.0 Å². The number of anilines is 1. The van der Waals surface area contributed by atoms with Crippen molar-refractivity contribution in [2.75, 3.05) is 24.7 Å². The third-order valence-corrected chi connectivity index (χ3v) is 10.1. The third-order valence-electron chi connectivity index (χ3n) is 5.74. The van der Waals surface area contributed by atoms with Crippen molar-refractivity contribution in [3.63, 3.8) is 0 Å². The molecule has 0 radical (unpaired) electrons. The molecule has 0 spiro atoms. The van der Waals surface area contributed by atoms with Gasteiger partial charge in [-0.15, -0.1) is 0 Å². The van der Waals surface area contributed by atoms with Crippen molar-refractivity contribution in [1.29, 1.82) is 0 Å². The number of aliphatic hydroxyl groups excluding tert-OH is 1. The van der Waals surface area contributed by atoms with E-state index in [4.69, 9.17) is 47.7 Å². The second-order valence-corrected chi connectivity index (χ2v) is 15.6. The van der Waals surface area contributed by atoms with Crippen LogP contribution in [0.25, 0.3) is 11.2 Å². The van der Waals surface area contributed by atoms with Gasteiger partial charge in [0.05, 0.1) is 25.6 Å². The number of thioether (sulfide) groups is 1. The number of rotatable bonds is 12. The predicted molar refractivity (Wildman–Crippen MR) is 159 cm³/mol. The highest BCUT2D eigenvalue weighted by Crippen LogP contribution is 2.49. The Morgan fingerprint density at radius 3 is 2.69 bits per heavy atom. The molecule has 42 heavy (non-hydrogen) atoms. The Hall–Kier alpha value is -1.69. The summed E-state index contributed by atoms with van der Waals surface area (Å²) in [6, 6.07) is -0.954. The molecule has 1 fully saturated rings. The highest BCUT2D eigenvalue weighted by atomic mass is 35.5. The second kappa shape index (κ2) is 13.5. The van der Waals surface area contributed by atoms with Crippen LogP contribution in [0.5, 0.6) is 0 Å². The van der Waals surface area contributed by atoms with Crippen LogP contribution < -0.4 is 16.4 Å². The largest absolute Gasteiger partial charge is 0.462 e. The molecule has 1 aliphatic rings. The summed E-state index contributed by atoms with van der Waals surface area (Å²) in [5.74, 6) is -0.617. The fraction of sp³-hybridized carbons (Fsp3) is 0.696. The zero-order chi connectivity index (χ0) is 31.6. The van der Waals surface area contributed by atoms with Crippen LogP contribution in [-0.4, -0.2) is 84.2 Å². The minimum absolute atomic E-state index is 0.0232. The standard InChI is InChI=1S/C23H35ClFN6O8PS2/c1-11(2)38-18(34)12(3)30-40(41,36-7-8-42-20(35)22(4,5)6)37-9-13-15(32)23(24,25)19(39-13)31-10-27-14-16(31)28-21(26)29-17(14)33/h10-13,15,19,32H,7-9H2,1-6H3,(H,30,41)(H3,26,28,29,33)/t12-,13+,15+,19+,23-,40+/m0/s1. The van der Waals surface area contributed by atoms with Crippen molar-refractivity contribution in [2.45, 2.75) is 77.3 Å². The van der Waals surface area contributed by atoms with Crippen molar-refractivity contribution in [3.8, 4) is 0 Å². The molecular formula is C23H35ClFN6O8PS2. The highest BCUT2D eigenvalue weighted by Gasteiger charge is 2.58. The molecule has 0 unspecified atom stereocenters. The molecule has 0 aliphatic carbocycles. The summed E-state index contributed by atoms with van der Waals surface area (Å²) in [4.78, 5) is 47.0. The first-order valence-corrected chi connectivity index (χ1v) is 16.8. The molecule has 0 amide bonds. The molecule has 3 rings (SSSR count). The fourth-order valence-electron chi connectivity index (χ4n) is 3.64. The Bertz CT molecular complexity index is 1400. The van der Waals surface area contributed by atoms with Gasteiger partial charge in [-0.05, 0) is 32.6 Å². The van der Waals surface area contributed by atoms with E-state index in [9.17, 15) is 19.5 Å². The van der Waals surface area contributed by atoms with Gasteiger partial charge in [-0.1, -0.05) is 44.1 Å². The average Bonchev–Trinajstić information content (AvgIpc) is 3.37. The molecule has 1 saturated heterocycles. The molecule has 2 aromatic rings. The zero-order valence-electron chi connectivity index (χ0n) is 23.8. The molecule has 236 valence electrons. The third kappa shape index (κ3) is 8.27. The maximum atomic E-state index is 15.7. The van der Waals surface area contributed by atoms with Crippen molar-refractivity contribution in [3.05, 3.63) is 16.7 Å². The quantitative estimate of drug-likeness (QED) is 0.111. The Morgan fingerprint density at radius 2 is 2.07 bits per heavy atom. The molecule has 6 atom stereocenters. The summed E-state index contributed by atoms with van der Waals surface area (Å²) < 4.78 is 39.3. The molecule has 5 N–H and O–H groups in total. The number of nitrogens with one attached hydrogen (secondary N) is 2. The summed E-state index contributed by atoms with van der Waals surface area (Å²) in [7, 11) is 0. The molecule has 2 aromatic heterocycles. The highest BCUT2D eigenvalue weighted by molar-refractivity contribution is 8.13. The van der Waals surface area contributed by atoms with Gasteiger partial charge in [0.1, 0.15) is 18.2 Å². The number of nitrogens with two attached hydrogens (primary N) is 1. The van der Waals surface area contributed by atoms with Gasteiger partial charge in [0.2, 0.25) is 5.95 Å². The molecule has 3 heterocycles. The van der Waals surface area contributed by atoms with Crippen LogP contribution in [0, 0.1) is 5.41 Å². The predicted octanol–water partition coefficient (Wildman–Crippen LogP) is 2.36. The lowest BCUT2D eigenvalue weighted by atomic mass is 10.00. The Morgan fingerprint density at radius 1 is 1.40 bits per heavy atom. The van der Waals surface area contributed by atoms with Gasteiger partial charge >= 0.3 is 5.97 Å². The maximum absolute atomic E-state index is 15.7. The van der Waals surface area contributed by atoms with Gasteiger partial charge in [-0.3, -0.25) is 23.9 Å². The minimum Gasteiger partial charge on any atom is -0.462 e. The number of halogens is 2. The van der Waals surface area contributed by atoms with Gasteiger partial charge in [-0.2, -0.15) is 4.98 Å². The van der Waals surface area contributed by atoms with Crippen molar-refractivity contribution in [2.24, 2.45) is 5.41 Å². The number of hydrogen-bond acceptors (Lipinski definition) is 13. The molecule has 0 aromatic carbocycles. The molecule has 1 aliphatic heterocycles. The van der Waals surface area contributed by atoms with E-state index in [1.165, 1.54) is 6.92 Å². The first-order valence-electron chi connectivity index (χ1n) is 12.8. The van der Waals surface area contributed by atoms with Crippen molar-refractivity contribution < 1.29 is 37.6 Å². The summed E-state index contributed by atoms with van der Waals surface area (Å²) in [6.45, 7) is 6.19. The summed E-state index contributed by atoms with van der Waals surface area (Å²) in [5.41, 5.74) is 4.13. The number of carbonyl (C=O) groups is 2. The Kier molecular flexibility index (Phi) is 11.2. The molecular weight excluding hydrogens is 638 g/mol. The summed E-state index contributed by atoms with van der Waals surface area (Å²) in [5, 5.41) is 10.6. The number of fused-ring (bicyclic) bond motifs is 1. The number of esters is 1. The lowest BCUT2D eigenvalue weighted by molar-refractivity contribution is -0.149. The normalized spacial score (nSPS) is 25.0. The topological polar surface area (TPSA) is 193 Å². The van der Waals surface area contributed by atoms with Crippen LogP contribution in [0.1, 0.15) is 47.8 Å². The number of H-pyrrole nitrogens is 1. The number of aromatic amines is 1. The monoisotopic (exact) mass is 672 g/mol. The van der Waals surface area contributed by atoms with E-state index in [0.29, 0.717) is 0 Å². The number of imidazole rings is 1. The minimum atomic E-state index is -3.52. The molecule has 19 heteroatoms. The number of alkyl halides is 2. The number of nitrogens with zero attached hydrogens (tertiary/aromatic N) is 3. The fourth-order valence-corrected chi connectivity index (χ4v) is 7.20. The molecule has 0 bridgehead atoms. The van der Waals surface area contributed by atoms with Crippen LogP contribution in [0.4, 0.5) is 10.3 Å². The lowest BCUT2D eigenvalue weighted by Gasteiger charge is -2.28. The van der Waals surface area contributed by atoms with Crippen LogP contribution in [-0.2, 0) is 39.9 Å². The SMILES string of the molecule is CC(C)OC(=O)[C@H](C)N[P@@](=S)(OCCSC(=O)C(C)(C)C)OC[C@H]1O[C@@H](n2cnc3c(=O)[nH]c(N)nc32)[C@](F)(Cl)[C@@H]1O. The average molecular weight is 673 g/mol. The van der Waals surface area contributed by atoms with Crippen LogP contribution in [0.3, 0.4) is 0 Å². The van der Waals surface area contributed by atoms with Gasteiger partial charge < -0.3 is 29.4 Å². The Balaban J connectivity index is 1.77. The number of nitrogen functional groups attached to an aromatic ring is 1. The van der Waals surface area contributed by atoms with E-state index in [0.717, 1.165) is 22.7 Å². The van der Waals surface area contributed by atoms with Crippen LogP contribution in [0.15, 0.2) is 11.1 Å². The first-order chi connectivity index (χ1) is 19.4. The molecule has 0 saturated carbocycles. The summed E-state index contributed by atoms with van der Waals surface area (Å²) >= 11 is 12.8. The van der Waals surface area contributed by atoms with Crippen LogP contribution in [0.2, 0.25) is 0 Å². The number of aliphatic hydroxyl groups is 1. The van der Waals surface area contributed by atoms with E-state index in [-0.39, 0.29) is 40.7 Å². The van der Waals surface area contributed by atoms with Gasteiger partial charge in [0.25, 0.3) is 17.3 Å². The maximum Gasteiger partial charge on any atom is 0.323 e. The smallest absolute Gasteiger partial charge is 0.323 e. The Labute approximate surface area is 255 Å². The lowest BCUT2D eigenvalue weighted by Crippen LogP contribution is -2.39. The van der Waals surface area contributed by atoms with Crippen LogP contribution >= 0.6 is 30.0 Å².